The third-order valence-electron chi connectivity index (χ3n) is 2.50. The fraction of sp³-hybridized carbons (Fsp3) is 0.500. The molecule has 0 spiro atoms. The van der Waals surface area contributed by atoms with Gasteiger partial charge in [-0.1, -0.05) is 19.1 Å². The van der Waals surface area contributed by atoms with Gasteiger partial charge >= 0.3 is 0 Å². The second-order valence-corrected chi connectivity index (χ2v) is 7.49. The highest BCUT2D eigenvalue weighted by Crippen LogP contribution is 2.11. The molecule has 1 aromatic rings. The van der Waals surface area contributed by atoms with E-state index >= 15 is 0 Å². The normalized spacial score (nSPS) is 13.2. The monoisotopic (exact) mass is 312 g/mol. The quantitative estimate of drug-likeness (QED) is 0.562. The number of hydrogen-bond donors (Lipinski definition) is 3. The third kappa shape index (κ3) is 6.14. The Balaban J connectivity index is 2.74. The van der Waals surface area contributed by atoms with Gasteiger partial charge in [-0.05, 0) is 38.5 Å². The summed E-state index contributed by atoms with van der Waals surface area (Å²) in [5.74, 6) is 0.367. The fourth-order valence-corrected chi connectivity index (χ4v) is 2.69. The predicted octanol–water partition coefficient (Wildman–Crippen LogP) is 1.19. The van der Waals surface area contributed by atoms with Crippen LogP contribution >= 0.6 is 0 Å². The molecule has 7 heteroatoms. The molecule has 1 aromatic carbocycles. The molecule has 6 nitrogen and oxygen atoms in total. The van der Waals surface area contributed by atoms with E-state index in [4.69, 9.17) is 5.73 Å². The Kier molecular flexibility index (Phi) is 5.74. The number of guanidine groups is 1. The average Bonchev–Trinajstić information content (AvgIpc) is 2.35. The van der Waals surface area contributed by atoms with Crippen LogP contribution in [0.2, 0.25) is 0 Å². The Morgan fingerprint density at radius 2 is 1.81 bits per heavy atom. The largest absolute Gasteiger partial charge is 0.370 e. The highest BCUT2D eigenvalue weighted by Gasteiger charge is 2.12. The maximum Gasteiger partial charge on any atom is 0.240 e. The minimum absolute atomic E-state index is 0.142. The van der Waals surface area contributed by atoms with Crippen molar-refractivity contribution in [3.05, 3.63) is 29.8 Å². The first-order valence-electron chi connectivity index (χ1n) is 6.81. The van der Waals surface area contributed by atoms with Gasteiger partial charge in [0, 0.05) is 12.1 Å². The lowest BCUT2D eigenvalue weighted by atomic mass is 10.1. The highest BCUT2D eigenvalue weighted by molar-refractivity contribution is 7.89. The van der Waals surface area contributed by atoms with Crippen molar-refractivity contribution < 1.29 is 8.42 Å². The van der Waals surface area contributed by atoms with Crippen molar-refractivity contribution in [2.75, 3.05) is 6.54 Å². The van der Waals surface area contributed by atoms with Gasteiger partial charge in [0.2, 0.25) is 10.0 Å². The molecule has 0 heterocycles. The van der Waals surface area contributed by atoms with Crippen molar-refractivity contribution in [3.63, 3.8) is 0 Å². The van der Waals surface area contributed by atoms with Crippen LogP contribution in [0.5, 0.6) is 0 Å². The molecule has 0 saturated heterocycles. The van der Waals surface area contributed by atoms with Crippen LogP contribution in [0.3, 0.4) is 0 Å². The molecule has 0 radical (unpaired) electrons. The van der Waals surface area contributed by atoms with E-state index in [0.29, 0.717) is 19.0 Å². The predicted molar refractivity (Wildman–Crippen MR) is 85.5 cm³/mol. The molecule has 0 aromatic heterocycles. The first-order valence-corrected chi connectivity index (χ1v) is 8.29. The standard InChI is InChI=1S/C14H24N4O2S/c1-5-17-21(19,20)12-8-6-11(7-9-12)10-16-13(15)18-14(2,3)4/h6-9,17H,5,10H2,1-4H3,(H3,15,16,18). The smallest absolute Gasteiger partial charge is 0.240 e. The summed E-state index contributed by atoms with van der Waals surface area (Å²) in [6, 6.07) is 6.60. The van der Waals surface area contributed by atoms with Gasteiger partial charge in [0.15, 0.2) is 5.96 Å². The van der Waals surface area contributed by atoms with Crippen LogP contribution in [0.25, 0.3) is 0 Å². The molecule has 0 atom stereocenters. The zero-order chi connectivity index (χ0) is 16.1. The van der Waals surface area contributed by atoms with Gasteiger partial charge < -0.3 is 11.1 Å². The minimum Gasteiger partial charge on any atom is -0.370 e. The number of aliphatic imine (C=N–C) groups is 1. The molecule has 4 N–H and O–H groups in total. The molecule has 118 valence electrons. The summed E-state index contributed by atoms with van der Waals surface area (Å²) in [6.45, 7) is 8.49. The number of sulfonamides is 1. The third-order valence-corrected chi connectivity index (χ3v) is 4.06. The summed E-state index contributed by atoms with van der Waals surface area (Å²) in [6.07, 6.45) is 0. The number of nitrogens with two attached hydrogens (primary N) is 1. The molecule has 0 aliphatic rings. The van der Waals surface area contributed by atoms with Crippen LogP contribution in [0.15, 0.2) is 34.2 Å². The van der Waals surface area contributed by atoms with E-state index in [2.05, 4.69) is 15.0 Å². The Morgan fingerprint density at radius 3 is 2.29 bits per heavy atom. The molecular formula is C14H24N4O2S. The zero-order valence-electron chi connectivity index (χ0n) is 13.0. The molecule has 0 fully saturated rings. The van der Waals surface area contributed by atoms with Crippen LogP contribution in [0, 0.1) is 0 Å². The lowest BCUT2D eigenvalue weighted by molar-refractivity contribution is 0.508. The average molecular weight is 312 g/mol. The minimum atomic E-state index is -3.41. The molecule has 0 bridgehead atoms. The van der Waals surface area contributed by atoms with Crippen LogP contribution in [-0.4, -0.2) is 26.5 Å². The van der Waals surface area contributed by atoms with Gasteiger partial charge in [0.25, 0.3) is 0 Å². The molecular weight excluding hydrogens is 288 g/mol. The lowest BCUT2D eigenvalue weighted by Gasteiger charge is -2.20. The van der Waals surface area contributed by atoms with Crippen LogP contribution in [-0.2, 0) is 16.6 Å². The van der Waals surface area contributed by atoms with Crippen molar-refractivity contribution in [3.8, 4) is 0 Å². The van der Waals surface area contributed by atoms with Gasteiger partial charge in [-0.15, -0.1) is 0 Å². The first-order chi connectivity index (χ1) is 9.64. The Hall–Kier alpha value is -1.60. The second kappa shape index (κ2) is 6.91. The molecule has 0 saturated carbocycles. The van der Waals surface area contributed by atoms with Crippen molar-refractivity contribution >= 4 is 16.0 Å². The summed E-state index contributed by atoms with van der Waals surface area (Å²) in [5.41, 5.74) is 6.53. The van der Waals surface area contributed by atoms with Crippen molar-refractivity contribution in [2.45, 2.75) is 44.7 Å². The molecule has 1 rings (SSSR count). The van der Waals surface area contributed by atoms with E-state index in [1.165, 1.54) is 0 Å². The Bertz CT molecular complexity index is 586. The first kappa shape index (κ1) is 17.5. The van der Waals surface area contributed by atoms with Gasteiger partial charge in [-0.2, -0.15) is 0 Å². The molecule has 21 heavy (non-hydrogen) atoms. The maximum atomic E-state index is 11.8. The van der Waals surface area contributed by atoms with E-state index in [1.54, 1.807) is 31.2 Å². The summed E-state index contributed by atoms with van der Waals surface area (Å²) in [7, 11) is -3.41. The summed E-state index contributed by atoms with van der Waals surface area (Å²) in [5, 5.41) is 3.06. The van der Waals surface area contributed by atoms with Crippen molar-refractivity contribution in [2.24, 2.45) is 10.7 Å². The number of nitrogens with zero attached hydrogens (tertiary/aromatic N) is 1. The van der Waals surface area contributed by atoms with E-state index < -0.39 is 10.0 Å². The van der Waals surface area contributed by atoms with Gasteiger partial charge in [-0.3, -0.25) is 0 Å². The topological polar surface area (TPSA) is 96.6 Å². The molecule has 0 aliphatic carbocycles. The summed E-state index contributed by atoms with van der Waals surface area (Å²) >= 11 is 0. The van der Waals surface area contributed by atoms with Gasteiger partial charge in [0.05, 0.1) is 11.4 Å². The number of benzene rings is 1. The van der Waals surface area contributed by atoms with E-state index in [0.717, 1.165) is 5.56 Å². The van der Waals surface area contributed by atoms with Gasteiger partial charge in [-0.25, -0.2) is 18.1 Å². The molecule has 0 unspecified atom stereocenters. The maximum absolute atomic E-state index is 11.8. The van der Waals surface area contributed by atoms with E-state index in [-0.39, 0.29) is 10.4 Å². The highest BCUT2D eigenvalue weighted by atomic mass is 32.2. The summed E-state index contributed by atoms with van der Waals surface area (Å²) < 4.78 is 26.0. The lowest BCUT2D eigenvalue weighted by Crippen LogP contribution is -2.44. The van der Waals surface area contributed by atoms with Crippen LogP contribution in [0.4, 0.5) is 0 Å². The number of nitrogens with one attached hydrogen (secondary N) is 2. The molecule has 0 amide bonds. The zero-order valence-corrected chi connectivity index (χ0v) is 13.8. The van der Waals surface area contributed by atoms with Gasteiger partial charge in [0.1, 0.15) is 0 Å². The molecule has 0 aliphatic heterocycles. The Labute approximate surface area is 126 Å². The fourth-order valence-electron chi connectivity index (χ4n) is 1.65. The SMILES string of the molecule is CCNS(=O)(=O)c1ccc(CN=C(N)NC(C)(C)C)cc1. The number of hydrogen-bond acceptors (Lipinski definition) is 3. The van der Waals surface area contributed by atoms with Crippen molar-refractivity contribution in [1.29, 1.82) is 0 Å². The second-order valence-electron chi connectivity index (χ2n) is 5.72. The Morgan fingerprint density at radius 1 is 1.24 bits per heavy atom. The van der Waals surface area contributed by atoms with E-state index in [9.17, 15) is 8.42 Å². The van der Waals surface area contributed by atoms with Crippen molar-refractivity contribution in [1.82, 2.24) is 10.0 Å². The number of rotatable bonds is 5. The summed E-state index contributed by atoms with van der Waals surface area (Å²) in [4.78, 5) is 4.47. The van der Waals surface area contributed by atoms with Crippen LogP contribution < -0.4 is 15.8 Å². The van der Waals surface area contributed by atoms with Crippen LogP contribution in [0.1, 0.15) is 33.3 Å². The van der Waals surface area contributed by atoms with E-state index in [1.807, 2.05) is 20.8 Å².